The molecule has 0 bridgehead atoms. The standard InChI is InChI=1S/C16H8ClFN2O3/c17-14-6-1-10(8-15(14)20(22)23)7-12(9-19)16(21)11-2-4-13(18)5-3-11/h1-8H/b12-7+. The first-order chi connectivity index (χ1) is 10.9. The molecule has 0 unspecified atom stereocenters. The maximum absolute atomic E-state index is 12.9. The van der Waals surface area contributed by atoms with Crippen LogP contribution >= 0.6 is 11.6 Å². The van der Waals surface area contributed by atoms with E-state index < -0.39 is 16.5 Å². The fourth-order valence-electron chi connectivity index (χ4n) is 1.83. The van der Waals surface area contributed by atoms with E-state index in [0.717, 1.165) is 18.2 Å². The van der Waals surface area contributed by atoms with Gasteiger partial charge < -0.3 is 0 Å². The number of rotatable bonds is 4. The molecule has 0 spiro atoms. The summed E-state index contributed by atoms with van der Waals surface area (Å²) < 4.78 is 12.9. The number of carbonyl (C=O) groups is 1. The van der Waals surface area contributed by atoms with Crippen LogP contribution in [0.4, 0.5) is 10.1 Å². The molecule has 114 valence electrons. The summed E-state index contributed by atoms with van der Waals surface area (Å²) in [6, 6.07) is 10.4. The summed E-state index contributed by atoms with van der Waals surface area (Å²) in [6.45, 7) is 0. The van der Waals surface area contributed by atoms with Gasteiger partial charge in [-0.1, -0.05) is 17.7 Å². The van der Waals surface area contributed by atoms with Crippen LogP contribution in [0.5, 0.6) is 0 Å². The van der Waals surface area contributed by atoms with Gasteiger partial charge in [-0.25, -0.2) is 4.39 Å². The van der Waals surface area contributed by atoms with Gasteiger partial charge >= 0.3 is 0 Å². The van der Waals surface area contributed by atoms with E-state index in [4.69, 9.17) is 16.9 Å². The number of ketones is 1. The lowest BCUT2D eigenvalue weighted by molar-refractivity contribution is -0.384. The Hall–Kier alpha value is -3.04. The summed E-state index contributed by atoms with van der Waals surface area (Å²) >= 11 is 5.71. The number of nitro benzene ring substituents is 1. The number of halogens is 2. The quantitative estimate of drug-likeness (QED) is 0.277. The number of nitro groups is 1. The molecule has 0 aromatic heterocycles. The SMILES string of the molecule is N#C/C(=C\c1ccc(Cl)c([N+](=O)[O-])c1)C(=O)c1ccc(F)cc1. The molecule has 0 saturated heterocycles. The fourth-order valence-corrected chi connectivity index (χ4v) is 2.02. The third-order valence-electron chi connectivity index (χ3n) is 2.95. The number of carbonyl (C=O) groups excluding carboxylic acids is 1. The lowest BCUT2D eigenvalue weighted by Gasteiger charge is -2.01. The molecule has 23 heavy (non-hydrogen) atoms. The summed E-state index contributed by atoms with van der Waals surface area (Å²) in [5, 5.41) is 19.9. The summed E-state index contributed by atoms with van der Waals surface area (Å²) in [7, 11) is 0. The Morgan fingerprint density at radius 3 is 2.48 bits per heavy atom. The molecule has 0 aliphatic rings. The van der Waals surface area contributed by atoms with E-state index in [0.29, 0.717) is 0 Å². The second-order valence-electron chi connectivity index (χ2n) is 4.47. The van der Waals surface area contributed by atoms with Gasteiger partial charge in [-0.05, 0) is 42.0 Å². The first-order valence-corrected chi connectivity index (χ1v) is 6.66. The molecule has 0 amide bonds. The smallest absolute Gasteiger partial charge is 0.288 e. The number of allylic oxidation sites excluding steroid dienone is 1. The predicted octanol–water partition coefficient (Wildman–Crippen LogP) is 4.18. The Morgan fingerprint density at radius 1 is 1.26 bits per heavy atom. The Morgan fingerprint density at radius 2 is 1.91 bits per heavy atom. The van der Waals surface area contributed by atoms with Crippen molar-refractivity contribution in [1.29, 1.82) is 5.26 Å². The molecule has 7 heteroatoms. The van der Waals surface area contributed by atoms with E-state index in [1.807, 2.05) is 0 Å². The van der Waals surface area contributed by atoms with Crippen molar-refractivity contribution in [2.45, 2.75) is 0 Å². The van der Waals surface area contributed by atoms with Gasteiger partial charge in [0.25, 0.3) is 5.69 Å². The molecule has 0 aliphatic carbocycles. The highest BCUT2D eigenvalue weighted by molar-refractivity contribution is 6.32. The zero-order valence-corrected chi connectivity index (χ0v) is 12.2. The van der Waals surface area contributed by atoms with Crippen molar-refractivity contribution in [2.24, 2.45) is 0 Å². The maximum Gasteiger partial charge on any atom is 0.288 e. The van der Waals surface area contributed by atoms with Gasteiger partial charge in [0.05, 0.1) is 4.92 Å². The van der Waals surface area contributed by atoms with Gasteiger partial charge in [-0.2, -0.15) is 5.26 Å². The van der Waals surface area contributed by atoms with E-state index in [1.54, 1.807) is 6.07 Å². The molecule has 0 aliphatic heterocycles. The minimum Gasteiger partial charge on any atom is -0.288 e. The van der Waals surface area contributed by atoms with Crippen molar-refractivity contribution in [1.82, 2.24) is 0 Å². The fraction of sp³-hybridized carbons (Fsp3) is 0. The maximum atomic E-state index is 12.9. The predicted molar refractivity (Wildman–Crippen MR) is 82.4 cm³/mol. The van der Waals surface area contributed by atoms with Crippen LogP contribution in [-0.2, 0) is 0 Å². The average Bonchev–Trinajstić information content (AvgIpc) is 2.54. The highest BCUT2D eigenvalue weighted by Gasteiger charge is 2.15. The molecule has 0 N–H and O–H groups in total. The molecule has 5 nitrogen and oxygen atoms in total. The molecule has 0 heterocycles. The number of hydrogen-bond acceptors (Lipinski definition) is 4. The first kappa shape index (κ1) is 16.3. The van der Waals surface area contributed by atoms with Crippen LogP contribution < -0.4 is 0 Å². The average molecular weight is 331 g/mol. The van der Waals surface area contributed by atoms with Gasteiger partial charge in [-0.15, -0.1) is 0 Å². The highest BCUT2D eigenvalue weighted by atomic mass is 35.5. The topological polar surface area (TPSA) is 84.0 Å². The first-order valence-electron chi connectivity index (χ1n) is 6.28. The number of hydrogen-bond donors (Lipinski definition) is 0. The number of nitrogens with zero attached hydrogens (tertiary/aromatic N) is 2. The molecule has 0 saturated carbocycles. The summed E-state index contributed by atoms with van der Waals surface area (Å²) in [6.07, 6.45) is 1.22. The van der Waals surface area contributed by atoms with Crippen molar-refractivity contribution >= 4 is 29.1 Å². The lowest BCUT2D eigenvalue weighted by Crippen LogP contribution is -2.02. The Bertz CT molecular complexity index is 855. The molecular weight excluding hydrogens is 323 g/mol. The third-order valence-corrected chi connectivity index (χ3v) is 3.27. The molecule has 0 fully saturated rings. The normalized spacial score (nSPS) is 10.9. The molecule has 0 atom stereocenters. The third kappa shape index (κ3) is 3.78. The summed E-state index contributed by atoms with van der Waals surface area (Å²) in [5.41, 5.74) is -0.129. The van der Waals surface area contributed by atoms with Crippen LogP contribution in [0, 0.1) is 27.3 Å². The van der Waals surface area contributed by atoms with Crippen LogP contribution in [0.3, 0.4) is 0 Å². The second kappa shape index (κ2) is 6.81. The molecule has 2 rings (SSSR count). The van der Waals surface area contributed by atoms with Crippen molar-refractivity contribution in [3.8, 4) is 6.07 Å². The zero-order chi connectivity index (χ0) is 17.0. The van der Waals surface area contributed by atoms with Crippen LogP contribution in [0.25, 0.3) is 6.08 Å². The molecule has 2 aromatic carbocycles. The van der Waals surface area contributed by atoms with Gasteiger partial charge in [0, 0.05) is 11.6 Å². The van der Waals surface area contributed by atoms with Crippen molar-refractivity contribution < 1.29 is 14.1 Å². The largest absolute Gasteiger partial charge is 0.288 e. The monoisotopic (exact) mass is 330 g/mol. The lowest BCUT2D eigenvalue weighted by atomic mass is 10.0. The van der Waals surface area contributed by atoms with E-state index in [-0.39, 0.29) is 27.4 Å². The molecule has 0 radical (unpaired) electrons. The van der Waals surface area contributed by atoms with Crippen molar-refractivity contribution in [3.05, 3.63) is 80.1 Å². The highest BCUT2D eigenvalue weighted by Crippen LogP contribution is 2.26. The molecular formula is C16H8ClFN2O3. The Kier molecular flexibility index (Phi) is 4.84. The van der Waals surface area contributed by atoms with Gasteiger partial charge in [0.1, 0.15) is 22.5 Å². The van der Waals surface area contributed by atoms with E-state index >= 15 is 0 Å². The molecule has 2 aromatic rings. The minimum absolute atomic E-state index is 0.0458. The van der Waals surface area contributed by atoms with E-state index in [1.165, 1.54) is 30.3 Å². The van der Waals surface area contributed by atoms with Crippen LogP contribution in [0.1, 0.15) is 15.9 Å². The second-order valence-corrected chi connectivity index (χ2v) is 4.88. The number of nitriles is 1. The van der Waals surface area contributed by atoms with E-state index in [2.05, 4.69) is 0 Å². The Labute approximate surface area is 135 Å². The van der Waals surface area contributed by atoms with E-state index in [9.17, 15) is 19.3 Å². The number of benzene rings is 2. The van der Waals surface area contributed by atoms with Crippen molar-refractivity contribution in [2.75, 3.05) is 0 Å². The number of Topliss-reactive ketones (excluding diaryl/α,β-unsaturated/α-hetero) is 1. The minimum atomic E-state index is -0.659. The van der Waals surface area contributed by atoms with Gasteiger partial charge in [0.2, 0.25) is 5.78 Å². The van der Waals surface area contributed by atoms with Crippen LogP contribution in [0.15, 0.2) is 48.0 Å². The van der Waals surface area contributed by atoms with Gasteiger partial charge in [-0.3, -0.25) is 14.9 Å². The summed E-state index contributed by atoms with van der Waals surface area (Å²) in [4.78, 5) is 22.4. The Balaban J connectivity index is 2.41. The van der Waals surface area contributed by atoms with Crippen LogP contribution in [0.2, 0.25) is 5.02 Å². The van der Waals surface area contributed by atoms with Gasteiger partial charge in [0.15, 0.2) is 0 Å². The summed E-state index contributed by atoms with van der Waals surface area (Å²) in [5.74, 6) is -1.11. The van der Waals surface area contributed by atoms with Crippen molar-refractivity contribution in [3.63, 3.8) is 0 Å². The van der Waals surface area contributed by atoms with Crippen LogP contribution in [-0.4, -0.2) is 10.7 Å². The zero-order valence-electron chi connectivity index (χ0n) is 11.5.